The molecule has 0 aromatic carbocycles. The Labute approximate surface area is 105 Å². The summed E-state index contributed by atoms with van der Waals surface area (Å²) in [6.07, 6.45) is 2.48. The highest BCUT2D eigenvalue weighted by molar-refractivity contribution is 5.78. The minimum absolute atomic E-state index is 0.0884. The molecule has 2 N–H and O–H groups in total. The molecule has 0 aromatic rings. The molecule has 1 saturated heterocycles. The molecule has 0 aromatic heterocycles. The summed E-state index contributed by atoms with van der Waals surface area (Å²) in [7, 11) is 2.17. The van der Waals surface area contributed by atoms with Crippen LogP contribution in [0.3, 0.4) is 0 Å². The van der Waals surface area contributed by atoms with Crippen LogP contribution in [0.5, 0.6) is 0 Å². The van der Waals surface area contributed by atoms with E-state index in [-0.39, 0.29) is 11.4 Å². The largest absolute Gasteiger partial charge is 0.350 e. The van der Waals surface area contributed by atoms with Gasteiger partial charge in [0.2, 0.25) is 5.91 Å². The van der Waals surface area contributed by atoms with Crippen molar-refractivity contribution < 1.29 is 4.79 Å². The van der Waals surface area contributed by atoms with Crippen LogP contribution in [0.4, 0.5) is 0 Å². The van der Waals surface area contributed by atoms with E-state index in [9.17, 15) is 4.79 Å². The van der Waals surface area contributed by atoms with Gasteiger partial charge in [0, 0.05) is 5.54 Å². The number of carbonyl (C=O) groups excluding carboxylic acids is 1. The summed E-state index contributed by atoms with van der Waals surface area (Å²) in [6.45, 7) is 9.77. The topological polar surface area (TPSA) is 44.4 Å². The molecule has 0 unspecified atom stereocenters. The molecule has 4 nitrogen and oxygen atoms in total. The van der Waals surface area contributed by atoms with E-state index in [2.05, 4.69) is 22.6 Å². The molecular weight excluding hydrogens is 214 g/mol. The lowest BCUT2D eigenvalue weighted by Gasteiger charge is -2.29. The molecule has 17 heavy (non-hydrogen) atoms. The minimum atomic E-state index is -0.133. The average Bonchev–Trinajstić information content (AvgIpc) is 2.18. The van der Waals surface area contributed by atoms with Crippen molar-refractivity contribution in [3.8, 4) is 0 Å². The highest BCUT2D eigenvalue weighted by Gasteiger charge is 2.17. The molecule has 1 aliphatic rings. The molecule has 1 aliphatic heterocycles. The van der Waals surface area contributed by atoms with Crippen LogP contribution >= 0.6 is 0 Å². The van der Waals surface area contributed by atoms with Crippen molar-refractivity contribution in [3.63, 3.8) is 0 Å². The highest BCUT2D eigenvalue weighted by atomic mass is 16.2. The van der Waals surface area contributed by atoms with E-state index in [1.807, 2.05) is 20.8 Å². The standard InChI is InChI=1S/C13H27N3O/c1-13(2,3)15-12(17)10-14-9-11-5-7-16(4)8-6-11/h11,14H,5-10H2,1-4H3,(H,15,17). The Morgan fingerprint density at radius 2 is 1.88 bits per heavy atom. The van der Waals surface area contributed by atoms with Gasteiger partial charge in [-0.2, -0.15) is 0 Å². The molecule has 1 amide bonds. The maximum atomic E-state index is 11.6. The number of nitrogens with one attached hydrogen (secondary N) is 2. The van der Waals surface area contributed by atoms with Crippen LogP contribution < -0.4 is 10.6 Å². The Kier molecular flexibility index (Phi) is 5.40. The summed E-state index contributed by atoms with van der Waals surface area (Å²) in [4.78, 5) is 13.9. The zero-order valence-corrected chi connectivity index (χ0v) is 11.7. The van der Waals surface area contributed by atoms with Crippen molar-refractivity contribution in [1.29, 1.82) is 0 Å². The lowest BCUT2D eigenvalue weighted by Crippen LogP contribution is -2.45. The number of amides is 1. The van der Waals surface area contributed by atoms with Gasteiger partial charge in [0.05, 0.1) is 6.54 Å². The van der Waals surface area contributed by atoms with E-state index in [1.54, 1.807) is 0 Å². The first-order valence-corrected chi connectivity index (χ1v) is 6.57. The van der Waals surface area contributed by atoms with Crippen LogP contribution in [0.25, 0.3) is 0 Å². The SMILES string of the molecule is CN1CCC(CNCC(=O)NC(C)(C)C)CC1. The normalized spacial score (nSPS) is 19.3. The van der Waals surface area contributed by atoms with Crippen LogP contribution in [-0.4, -0.2) is 49.6 Å². The molecule has 1 heterocycles. The van der Waals surface area contributed by atoms with Gasteiger partial charge in [-0.15, -0.1) is 0 Å². The first-order chi connectivity index (χ1) is 7.87. The van der Waals surface area contributed by atoms with Gasteiger partial charge in [0.1, 0.15) is 0 Å². The van der Waals surface area contributed by atoms with Crippen molar-refractivity contribution in [1.82, 2.24) is 15.5 Å². The third-order valence-electron chi connectivity index (χ3n) is 3.07. The molecule has 0 aliphatic carbocycles. The third-order valence-corrected chi connectivity index (χ3v) is 3.07. The molecule has 0 radical (unpaired) electrons. The number of rotatable bonds is 4. The number of hydrogen-bond donors (Lipinski definition) is 2. The fraction of sp³-hybridized carbons (Fsp3) is 0.923. The molecular formula is C13H27N3O. The molecule has 0 spiro atoms. The highest BCUT2D eigenvalue weighted by Crippen LogP contribution is 2.14. The van der Waals surface area contributed by atoms with Gasteiger partial charge < -0.3 is 15.5 Å². The number of carbonyl (C=O) groups is 1. The number of piperidine rings is 1. The molecule has 4 heteroatoms. The minimum Gasteiger partial charge on any atom is -0.350 e. The Morgan fingerprint density at radius 1 is 1.29 bits per heavy atom. The Bertz CT molecular complexity index is 240. The smallest absolute Gasteiger partial charge is 0.234 e. The van der Waals surface area contributed by atoms with Gasteiger partial charge in [-0.05, 0) is 66.2 Å². The van der Waals surface area contributed by atoms with Gasteiger partial charge in [-0.1, -0.05) is 0 Å². The van der Waals surface area contributed by atoms with Crippen molar-refractivity contribution in [2.24, 2.45) is 5.92 Å². The molecule has 0 bridgehead atoms. The maximum absolute atomic E-state index is 11.6. The lowest BCUT2D eigenvalue weighted by atomic mass is 9.97. The molecule has 0 atom stereocenters. The van der Waals surface area contributed by atoms with E-state index in [0.29, 0.717) is 6.54 Å². The van der Waals surface area contributed by atoms with Gasteiger partial charge in [-0.3, -0.25) is 4.79 Å². The van der Waals surface area contributed by atoms with Crippen molar-refractivity contribution in [3.05, 3.63) is 0 Å². The summed E-state index contributed by atoms with van der Waals surface area (Å²) < 4.78 is 0. The second-order valence-electron chi connectivity index (χ2n) is 6.18. The average molecular weight is 241 g/mol. The molecule has 1 rings (SSSR count). The summed E-state index contributed by atoms with van der Waals surface area (Å²) in [5, 5.41) is 6.22. The first kappa shape index (κ1) is 14.5. The molecule has 0 saturated carbocycles. The first-order valence-electron chi connectivity index (χ1n) is 6.57. The predicted molar refractivity (Wildman–Crippen MR) is 71.0 cm³/mol. The maximum Gasteiger partial charge on any atom is 0.234 e. The van der Waals surface area contributed by atoms with Crippen molar-refractivity contribution in [2.75, 3.05) is 33.2 Å². The summed E-state index contributed by atoms with van der Waals surface area (Å²) in [5.41, 5.74) is -0.133. The Morgan fingerprint density at radius 3 is 2.41 bits per heavy atom. The zero-order chi connectivity index (χ0) is 12.9. The van der Waals surface area contributed by atoms with E-state index in [1.165, 1.54) is 25.9 Å². The van der Waals surface area contributed by atoms with Crippen LogP contribution in [0.2, 0.25) is 0 Å². The van der Waals surface area contributed by atoms with Gasteiger partial charge in [0.15, 0.2) is 0 Å². The fourth-order valence-corrected chi connectivity index (χ4v) is 2.12. The quantitative estimate of drug-likeness (QED) is 0.766. The lowest BCUT2D eigenvalue weighted by molar-refractivity contribution is -0.121. The summed E-state index contributed by atoms with van der Waals surface area (Å²) in [5.74, 6) is 0.819. The van der Waals surface area contributed by atoms with Crippen molar-refractivity contribution in [2.45, 2.75) is 39.2 Å². The molecule has 1 fully saturated rings. The third kappa shape index (κ3) is 6.64. The Balaban J connectivity index is 2.09. The second-order valence-corrected chi connectivity index (χ2v) is 6.18. The van der Waals surface area contributed by atoms with Gasteiger partial charge in [0.25, 0.3) is 0 Å². The van der Waals surface area contributed by atoms with E-state index >= 15 is 0 Å². The second kappa shape index (κ2) is 6.36. The number of hydrogen-bond acceptors (Lipinski definition) is 3. The monoisotopic (exact) mass is 241 g/mol. The van der Waals surface area contributed by atoms with Crippen LogP contribution in [0, 0.1) is 5.92 Å². The summed E-state index contributed by atoms with van der Waals surface area (Å²) in [6, 6.07) is 0. The van der Waals surface area contributed by atoms with Crippen LogP contribution in [0.15, 0.2) is 0 Å². The number of likely N-dealkylation sites (tertiary alicyclic amines) is 1. The molecule has 100 valence electrons. The van der Waals surface area contributed by atoms with E-state index in [4.69, 9.17) is 0 Å². The Hall–Kier alpha value is -0.610. The van der Waals surface area contributed by atoms with E-state index in [0.717, 1.165) is 12.5 Å². The van der Waals surface area contributed by atoms with Gasteiger partial charge >= 0.3 is 0 Å². The number of nitrogens with zero attached hydrogens (tertiary/aromatic N) is 1. The van der Waals surface area contributed by atoms with E-state index < -0.39 is 0 Å². The summed E-state index contributed by atoms with van der Waals surface area (Å²) >= 11 is 0. The fourth-order valence-electron chi connectivity index (χ4n) is 2.12. The van der Waals surface area contributed by atoms with Crippen LogP contribution in [0.1, 0.15) is 33.6 Å². The van der Waals surface area contributed by atoms with Crippen molar-refractivity contribution >= 4 is 5.91 Å². The zero-order valence-electron chi connectivity index (χ0n) is 11.7. The van der Waals surface area contributed by atoms with Crippen LogP contribution in [-0.2, 0) is 4.79 Å². The van der Waals surface area contributed by atoms with Gasteiger partial charge in [-0.25, -0.2) is 0 Å². The predicted octanol–water partition coefficient (Wildman–Crippen LogP) is 0.833.